The number of hydrogen-bond donors (Lipinski definition) is 0. The predicted octanol–water partition coefficient (Wildman–Crippen LogP) is 5.12. The molecule has 134 valence electrons. The highest BCUT2D eigenvalue weighted by Gasteiger charge is 2.35. The molecular formula is C18H12F3NO2S2. The number of ether oxygens (including phenoxy) is 1. The summed E-state index contributed by atoms with van der Waals surface area (Å²) in [6.07, 6.45) is -3.04. The first kappa shape index (κ1) is 18.5. The fourth-order valence-electron chi connectivity index (χ4n) is 2.45. The third kappa shape index (κ3) is 3.61. The number of hydrogen-bond acceptors (Lipinski definition) is 4. The van der Waals surface area contributed by atoms with Crippen molar-refractivity contribution in [2.24, 2.45) is 0 Å². The van der Waals surface area contributed by atoms with Crippen molar-refractivity contribution < 1.29 is 22.7 Å². The summed E-state index contributed by atoms with van der Waals surface area (Å²) in [5.41, 5.74) is -0.00301. The molecule has 0 saturated carbocycles. The van der Waals surface area contributed by atoms with Crippen LogP contribution in [0.2, 0.25) is 0 Å². The molecule has 0 spiro atoms. The normalized spacial score (nSPS) is 16.5. The second-order valence-electron chi connectivity index (χ2n) is 5.31. The summed E-state index contributed by atoms with van der Waals surface area (Å²) in [6.45, 7) is 0. The highest BCUT2D eigenvalue weighted by molar-refractivity contribution is 8.27. The van der Waals surface area contributed by atoms with Gasteiger partial charge in [0.2, 0.25) is 0 Å². The number of methoxy groups -OCH3 is 1. The summed E-state index contributed by atoms with van der Waals surface area (Å²) < 4.78 is 44.1. The van der Waals surface area contributed by atoms with Gasteiger partial charge in [0.1, 0.15) is 5.75 Å². The lowest BCUT2D eigenvalue weighted by atomic mass is 10.1. The van der Waals surface area contributed by atoms with Gasteiger partial charge in [-0.3, -0.25) is 9.69 Å². The number of amides is 1. The Morgan fingerprint density at radius 3 is 2.58 bits per heavy atom. The zero-order valence-corrected chi connectivity index (χ0v) is 15.0. The van der Waals surface area contributed by atoms with Gasteiger partial charge in [-0.25, -0.2) is 0 Å². The quantitative estimate of drug-likeness (QED) is 0.533. The molecule has 1 aliphatic rings. The van der Waals surface area contributed by atoms with Crippen LogP contribution in [0.4, 0.5) is 18.9 Å². The van der Waals surface area contributed by atoms with E-state index in [0.717, 1.165) is 23.9 Å². The van der Waals surface area contributed by atoms with Gasteiger partial charge in [0, 0.05) is 0 Å². The Bertz CT molecular complexity index is 909. The van der Waals surface area contributed by atoms with E-state index < -0.39 is 17.6 Å². The van der Waals surface area contributed by atoms with Gasteiger partial charge in [-0.15, -0.1) is 0 Å². The Labute approximate surface area is 157 Å². The number of benzene rings is 2. The zero-order chi connectivity index (χ0) is 18.9. The van der Waals surface area contributed by atoms with Crippen LogP contribution < -0.4 is 9.64 Å². The Morgan fingerprint density at radius 2 is 1.88 bits per heavy atom. The van der Waals surface area contributed by atoms with Crippen LogP contribution in [0.15, 0.2) is 53.4 Å². The lowest BCUT2D eigenvalue weighted by Gasteiger charge is -2.17. The first-order valence-corrected chi connectivity index (χ1v) is 8.62. The van der Waals surface area contributed by atoms with Crippen LogP contribution in [0.25, 0.3) is 6.08 Å². The third-order valence-electron chi connectivity index (χ3n) is 3.63. The maximum Gasteiger partial charge on any atom is 0.416 e. The van der Waals surface area contributed by atoms with Crippen LogP contribution in [0.1, 0.15) is 11.1 Å². The Morgan fingerprint density at radius 1 is 1.15 bits per heavy atom. The highest BCUT2D eigenvalue weighted by Crippen LogP contribution is 2.40. The SMILES string of the molecule is COc1ccccc1N1C(=O)/C(=C\c2cccc(C(F)(F)F)c2)SC1=S. The fraction of sp³-hybridized carbons (Fsp3) is 0.111. The van der Waals surface area contributed by atoms with Crippen molar-refractivity contribution in [3.63, 3.8) is 0 Å². The van der Waals surface area contributed by atoms with E-state index in [0.29, 0.717) is 11.4 Å². The second-order valence-corrected chi connectivity index (χ2v) is 6.99. The third-order valence-corrected chi connectivity index (χ3v) is 4.93. The van der Waals surface area contributed by atoms with Crippen molar-refractivity contribution in [3.8, 4) is 5.75 Å². The Hall–Kier alpha value is -2.32. The average molecular weight is 395 g/mol. The molecular weight excluding hydrogens is 383 g/mol. The number of rotatable bonds is 3. The summed E-state index contributed by atoms with van der Waals surface area (Å²) in [5.74, 6) is 0.0750. The van der Waals surface area contributed by atoms with E-state index in [2.05, 4.69) is 0 Å². The molecule has 2 aromatic rings. The van der Waals surface area contributed by atoms with Crippen LogP contribution >= 0.6 is 24.0 Å². The number of carbonyl (C=O) groups excluding carboxylic acids is 1. The number of alkyl halides is 3. The summed E-state index contributed by atoms with van der Waals surface area (Å²) in [4.78, 5) is 14.3. The molecule has 2 aromatic carbocycles. The predicted molar refractivity (Wildman–Crippen MR) is 100 cm³/mol. The van der Waals surface area contributed by atoms with Crippen molar-refractivity contribution >= 4 is 46.0 Å². The molecule has 1 fully saturated rings. The zero-order valence-electron chi connectivity index (χ0n) is 13.4. The number of halogens is 3. The van der Waals surface area contributed by atoms with Crippen LogP contribution in [-0.4, -0.2) is 17.3 Å². The minimum absolute atomic E-state index is 0.250. The van der Waals surface area contributed by atoms with Gasteiger partial charge in [-0.05, 0) is 35.9 Å². The van der Waals surface area contributed by atoms with Crippen molar-refractivity contribution in [1.82, 2.24) is 0 Å². The summed E-state index contributed by atoms with van der Waals surface area (Å²) in [6, 6.07) is 11.7. The van der Waals surface area contributed by atoms with Gasteiger partial charge < -0.3 is 4.74 Å². The molecule has 26 heavy (non-hydrogen) atoms. The monoisotopic (exact) mass is 395 g/mol. The van der Waals surface area contributed by atoms with Crippen molar-refractivity contribution in [2.75, 3.05) is 12.0 Å². The number of carbonyl (C=O) groups is 1. The number of anilines is 1. The molecule has 0 aromatic heterocycles. The minimum Gasteiger partial charge on any atom is -0.495 e. The van der Waals surface area contributed by atoms with E-state index in [-0.39, 0.29) is 14.8 Å². The van der Waals surface area contributed by atoms with Crippen LogP contribution in [0, 0.1) is 0 Å². The lowest BCUT2D eigenvalue weighted by molar-refractivity contribution is -0.137. The molecule has 8 heteroatoms. The molecule has 0 bridgehead atoms. The number of thiocarbonyl (C=S) groups is 1. The van der Waals surface area contributed by atoms with E-state index in [9.17, 15) is 18.0 Å². The standard InChI is InChI=1S/C18H12F3NO2S2/c1-24-14-8-3-2-7-13(14)22-16(23)15(26-17(22)25)10-11-5-4-6-12(9-11)18(19,20)21/h2-10H,1H3/b15-10+. The van der Waals surface area contributed by atoms with Gasteiger partial charge >= 0.3 is 6.18 Å². The molecule has 1 saturated heterocycles. The molecule has 0 atom stereocenters. The minimum atomic E-state index is -4.44. The van der Waals surface area contributed by atoms with Crippen molar-refractivity contribution in [1.29, 1.82) is 0 Å². The van der Waals surface area contributed by atoms with E-state index in [1.807, 2.05) is 0 Å². The molecule has 1 heterocycles. The summed E-state index contributed by atoms with van der Waals surface area (Å²) >= 11 is 6.31. The lowest BCUT2D eigenvalue weighted by Crippen LogP contribution is -2.27. The van der Waals surface area contributed by atoms with Crippen LogP contribution in [0.5, 0.6) is 5.75 Å². The molecule has 3 nitrogen and oxygen atoms in total. The van der Waals surface area contributed by atoms with Crippen LogP contribution in [-0.2, 0) is 11.0 Å². The van der Waals surface area contributed by atoms with Gasteiger partial charge in [-0.2, -0.15) is 13.2 Å². The van der Waals surface area contributed by atoms with E-state index in [4.69, 9.17) is 17.0 Å². The molecule has 1 amide bonds. The largest absolute Gasteiger partial charge is 0.495 e. The maximum atomic E-state index is 12.9. The first-order chi connectivity index (χ1) is 12.3. The molecule has 0 unspecified atom stereocenters. The second kappa shape index (κ2) is 7.13. The van der Waals surface area contributed by atoms with Crippen molar-refractivity contribution in [2.45, 2.75) is 6.18 Å². The Kier molecular flexibility index (Phi) is 5.06. The van der Waals surface area contributed by atoms with Gasteiger partial charge in [-0.1, -0.05) is 48.2 Å². The van der Waals surface area contributed by atoms with E-state index in [1.54, 1.807) is 24.3 Å². The van der Waals surface area contributed by atoms with Gasteiger partial charge in [0.25, 0.3) is 5.91 Å². The molecule has 0 N–H and O–H groups in total. The van der Waals surface area contributed by atoms with Crippen molar-refractivity contribution in [3.05, 3.63) is 64.6 Å². The number of nitrogens with zero attached hydrogens (tertiary/aromatic N) is 1. The molecule has 0 radical (unpaired) electrons. The smallest absolute Gasteiger partial charge is 0.416 e. The summed E-state index contributed by atoms with van der Waals surface area (Å²) in [7, 11) is 1.48. The number of thioether (sulfide) groups is 1. The summed E-state index contributed by atoms with van der Waals surface area (Å²) in [5, 5.41) is 0. The van der Waals surface area contributed by atoms with Gasteiger partial charge in [0.15, 0.2) is 4.32 Å². The first-order valence-electron chi connectivity index (χ1n) is 7.39. The topological polar surface area (TPSA) is 29.5 Å². The van der Waals surface area contributed by atoms with E-state index >= 15 is 0 Å². The van der Waals surface area contributed by atoms with Crippen LogP contribution in [0.3, 0.4) is 0 Å². The highest BCUT2D eigenvalue weighted by atomic mass is 32.2. The Balaban J connectivity index is 1.96. The van der Waals surface area contributed by atoms with E-state index in [1.165, 1.54) is 30.2 Å². The maximum absolute atomic E-state index is 12.9. The molecule has 1 aliphatic heterocycles. The fourth-order valence-corrected chi connectivity index (χ4v) is 3.73. The molecule has 0 aliphatic carbocycles. The average Bonchev–Trinajstić information content (AvgIpc) is 2.88. The van der Waals surface area contributed by atoms with Gasteiger partial charge in [0.05, 0.1) is 23.3 Å². The number of para-hydroxylation sites is 2. The molecule has 3 rings (SSSR count).